The zero-order valence-corrected chi connectivity index (χ0v) is 10.6. The molecule has 0 aromatic heterocycles. The summed E-state index contributed by atoms with van der Waals surface area (Å²) in [5.74, 6) is -4.12. The standard InChI is InChI=1S/C10H16N2O7/c1-11-4-8(15)18-7(14)3-6(13)10(17)19-9(16)5-12-2/h6,11-13H,3-5H2,1-2H3. The minimum Gasteiger partial charge on any atom is -0.392 e. The first kappa shape index (κ1) is 17.2. The van der Waals surface area contributed by atoms with Crippen molar-refractivity contribution in [2.75, 3.05) is 27.2 Å². The van der Waals surface area contributed by atoms with E-state index in [2.05, 4.69) is 20.1 Å². The highest BCUT2D eigenvalue weighted by Gasteiger charge is 2.24. The topological polar surface area (TPSA) is 131 Å². The minimum absolute atomic E-state index is 0.188. The molecule has 0 aromatic carbocycles. The average Bonchev–Trinajstić information content (AvgIpc) is 2.28. The largest absolute Gasteiger partial charge is 0.392 e. The zero-order chi connectivity index (χ0) is 14.8. The van der Waals surface area contributed by atoms with Crippen LogP contribution < -0.4 is 10.6 Å². The average molecular weight is 276 g/mol. The van der Waals surface area contributed by atoms with E-state index in [4.69, 9.17) is 0 Å². The van der Waals surface area contributed by atoms with Gasteiger partial charge in [-0.25, -0.2) is 4.79 Å². The molecule has 19 heavy (non-hydrogen) atoms. The van der Waals surface area contributed by atoms with Gasteiger partial charge in [0.1, 0.15) is 0 Å². The highest BCUT2D eigenvalue weighted by atomic mass is 16.6. The van der Waals surface area contributed by atoms with Crippen molar-refractivity contribution in [2.45, 2.75) is 12.5 Å². The maximum atomic E-state index is 11.1. The molecule has 0 aliphatic carbocycles. The third-order valence-electron chi connectivity index (χ3n) is 1.72. The third-order valence-corrected chi connectivity index (χ3v) is 1.72. The Balaban J connectivity index is 4.11. The quantitative estimate of drug-likeness (QED) is 0.336. The highest BCUT2D eigenvalue weighted by molar-refractivity contribution is 5.92. The number of rotatable bonds is 7. The van der Waals surface area contributed by atoms with Gasteiger partial charge in [-0.15, -0.1) is 0 Å². The number of hydrogen-bond acceptors (Lipinski definition) is 9. The monoisotopic (exact) mass is 276 g/mol. The van der Waals surface area contributed by atoms with Gasteiger partial charge in [-0.05, 0) is 14.1 Å². The third kappa shape index (κ3) is 7.97. The molecular formula is C10H16N2O7. The van der Waals surface area contributed by atoms with E-state index in [1.165, 1.54) is 14.1 Å². The minimum atomic E-state index is -1.87. The van der Waals surface area contributed by atoms with Crippen LogP contribution in [0.5, 0.6) is 0 Å². The number of carbonyl (C=O) groups is 4. The molecular weight excluding hydrogens is 260 g/mol. The summed E-state index contributed by atoms with van der Waals surface area (Å²) in [7, 11) is 2.94. The lowest BCUT2D eigenvalue weighted by molar-refractivity contribution is -0.170. The van der Waals surface area contributed by atoms with Crippen molar-refractivity contribution in [3.05, 3.63) is 0 Å². The van der Waals surface area contributed by atoms with Crippen LogP contribution in [0.25, 0.3) is 0 Å². The van der Waals surface area contributed by atoms with Gasteiger partial charge in [0.15, 0.2) is 6.10 Å². The maximum Gasteiger partial charge on any atom is 0.343 e. The van der Waals surface area contributed by atoms with Gasteiger partial charge in [0.2, 0.25) is 0 Å². The van der Waals surface area contributed by atoms with Gasteiger partial charge >= 0.3 is 23.9 Å². The van der Waals surface area contributed by atoms with Crippen molar-refractivity contribution in [1.82, 2.24) is 10.6 Å². The first-order valence-electron chi connectivity index (χ1n) is 5.36. The molecule has 0 aliphatic heterocycles. The second kappa shape index (κ2) is 9.14. The fourth-order valence-corrected chi connectivity index (χ4v) is 0.951. The Morgan fingerprint density at radius 2 is 1.42 bits per heavy atom. The lowest BCUT2D eigenvalue weighted by atomic mass is 10.2. The molecule has 0 heterocycles. The maximum absolute atomic E-state index is 11.1. The molecule has 9 heteroatoms. The molecule has 0 saturated heterocycles. The van der Waals surface area contributed by atoms with Gasteiger partial charge in [0, 0.05) is 0 Å². The second-order valence-electron chi connectivity index (χ2n) is 3.42. The number of aliphatic hydroxyl groups excluding tert-OH is 1. The number of carbonyl (C=O) groups excluding carboxylic acids is 4. The van der Waals surface area contributed by atoms with Crippen molar-refractivity contribution >= 4 is 23.9 Å². The van der Waals surface area contributed by atoms with E-state index in [-0.39, 0.29) is 13.1 Å². The van der Waals surface area contributed by atoms with E-state index in [0.29, 0.717) is 0 Å². The number of hydrogen-bond donors (Lipinski definition) is 3. The Bertz CT molecular complexity index is 356. The van der Waals surface area contributed by atoms with Gasteiger partial charge < -0.3 is 25.2 Å². The van der Waals surface area contributed by atoms with Crippen LogP contribution in [-0.4, -0.2) is 62.3 Å². The Labute approximate surface area is 109 Å². The summed E-state index contributed by atoms with van der Waals surface area (Å²) in [5.41, 5.74) is 0. The summed E-state index contributed by atoms with van der Waals surface area (Å²) >= 11 is 0. The molecule has 1 atom stereocenters. The molecule has 0 spiro atoms. The molecule has 0 amide bonds. The van der Waals surface area contributed by atoms with Crippen LogP contribution in [0.1, 0.15) is 6.42 Å². The van der Waals surface area contributed by atoms with Crippen molar-refractivity contribution in [3.8, 4) is 0 Å². The molecule has 0 bridgehead atoms. The first-order valence-corrected chi connectivity index (χ1v) is 5.36. The lowest BCUT2D eigenvalue weighted by Gasteiger charge is -2.08. The Kier molecular flexibility index (Phi) is 8.25. The van der Waals surface area contributed by atoms with E-state index in [9.17, 15) is 24.3 Å². The van der Waals surface area contributed by atoms with Gasteiger partial charge in [-0.1, -0.05) is 0 Å². The summed E-state index contributed by atoms with van der Waals surface area (Å²) in [6.07, 6.45) is -2.64. The summed E-state index contributed by atoms with van der Waals surface area (Å²) in [6, 6.07) is 0. The van der Waals surface area contributed by atoms with Crippen LogP contribution in [0, 0.1) is 0 Å². The summed E-state index contributed by atoms with van der Waals surface area (Å²) in [6.45, 7) is -0.406. The van der Waals surface area contributed by atoms with Crippen LogP contribution in [0.2, 0.25) is 0 Å². The number of esters is 4. The molecule has 0 saturated carbocycles. The van der Waals surface area contributed by atoms with Crippen LogP contribution >= 0.6 is 0 Å². The molecule has 0 rings (SSSR count). The van der Waals surface area contributed by atoms with E-state index < -0.39 is 36.4 Å². The molecule has 9 nitrogen and oxygen atoms in total. The number of ether oxygens (including phenoxy) is 2. The van der Waals surface area contributed by atoms with Gasteiger partial charge in [-0.3, -0.25) is 14.4 Å². The summed E-state index contributed by atoms with van der Waals surface area (Å²) in [4.78, 5) is 44.1. The Morgan fingerprint density at radius 1 is 0.947 bits per heavy atom. The van der Waals surface area contributed by atoms with Crippen molar-refractivity contribution in [1.29, 1.82) is 0 Å². The number of aliphatic hydroxyl groups is 1. The van der Waals surface area contributed by atoms with Crippen LogP contribution in [0.15, 0.2) is 0 Å². The van der Waals surface area contributed by atoms with E-state index in [0.717, 1.165) is 0 Å². The molecule has 3 N–H and O–H groups in total. The van der Waals surface area contributed by atoms with Gasteiger partial charge in [0.25, 0.3) is 0 Å². The second-order valence-corrected chi connectivity index (χ2v) is 3.42. The fraction of sp³-hybridized carbons (Fsp3) is 0.600. The Morgan fingerprint density at radius 3 is 1.89 bits per heavy atom. The predicted molar refractivity (Wildman–Crippen MR) is 60.7 cm³/mol. The van der Waals surface area contributed by atoms with Crippen molar-refractivity contribution in [3.63, 3.8) is 0 Å². The highest BCUT2D eigenvalue weighted by Crippen LogP contribution is 1.98. The normalized spacial score (nSPS) is 11.5. The Hall–Kier alpha value is -1.84. The molecule has 0 aromatic rings. The lowest BCUT2D eigenvalue weighted by Crippen LogP contribution is -2.33. The van der Waals surface area contributed by atoms with E-state index in [1.807, 2.05) is 0 Å². The fourth-order valence-electron chi connectivity index (χ4n) is 0.951. The number of nitrogens with one attached hydrogen (secondary N) is 2. The van der Waals surface area contributed by atoms with Crippen molar-refractivity contribution in [2.24, 2.45) is 0 Å². The van der Waals surface area contributed by atoms with Gasteiger partial charge in [0.05, 0.1) is 19.5 Å². The van der Waals surface area contributed by atoms with Crippen LogP contribution in [0.3, 0.4) is 0 Å². The van der Waals surface area contributed by atoms with Gasteiger partial charge in [-0.2, -0.15) is 0 Å². The molecule has 108 valence electrons. The number of likely N-dealkylation sites (N-methyl/N-ethyl adjacent to an activating group) is 2. The first-order chi connectivity index (χ1) is 8.90. The van der Waals surface area contributed by atoms with Crippen LogP contribution in [-0.2, 0) is 28.7 Å². The SMILES string of the molecule is CNCC(=O)OC(=O)CC(O)C(=O)OC(=O)CNC. The van der Waals surface area contributed by atoms with E-state index >= 15 is 0 Å². The van der Waals surface area contributed by atoms with Crippen molar-refractivity contribution < 1.29 is 33.8 Å². The molecule has 1 unspecified atom stereocenters. The van der Waals surface area contributed by atoms with E-state index in [1.54, 1.807) is 0 Å². The smallest absolute Gasteiger partial charge is 0.343 e. The molecule has 0 radical (unpaired) electrons. The zero-order valence-electron chi connectivity index (χ0n) is 10.6. The van der Waals surface area contributed by atoms with Crippen LogP contribution in [0.4, 0.5) is 0 Å². The predicted octanol–water partition coefficient (Wildman–Crippen LogP) is -2.68. The molecule has 0 fully saturated rings. The summed E-state index contributed by atoms with van der Waals surface area (Å²) in [5, 5.41) is 14.2. The summed E-state index contributed by atoms with van der Waals surface area (Å²) < 4.78 is 8.47. The molecule has 0 aliphatic rings.